The number of rotatable bonds is 1. The van der Waals surface area contributed by atoms with Crippen molar-refractivity contribution in [3.63, 3.8) is 0 Å². The first kappa shape index (κ1) is 9.23. The maximum absolute atomic E-state index is 11.2. The molecular formula is C9H14O3. The van der Waals surface area contributed by atoms with Crippen LogP contribution in [0, 0.1) is 17.8 Å². The van der Waals surface area contributed by atoms with Crippen molar-refractivity contribution in [1.29, 1.82) is 0 Å². The Hall–Kier alpha value is -0.860. The Kier molecular flexibility index (Phi) is 2.50. The number of carbonyl (C=O) groups excluding carboxylic acids is 2. The number of ether oxygens (including phenoxy) is 1. The van der Waals surface area contributed by atoms with E-state index in [4.69, 9.17) is 0 Å². The summed E-state index contributed by atoms with van der Waals surface area (Å²) in [4.78, 5) is 22.3. The molecule has 0 N–H and O–H groups in total. The number of hydrogen-bond acceptors (Lipinski definition) is 3. The summed E-state index contributed by atoms with van der Waals surface area (Å²) >= 11 is 0. The van der Waals surface area contributed by atoms with Crippen molar-refractivity contribution in [3.8, 4) is 0 Å². The summed E-state index contributed by atoms with van der Waals surface area (Å²) in [6.07, 6.45) is 0.356. The number of hydrogen-bond donors (Lipinski definition) is 0. The minimum absolute atomic E-state index is 0.00843. The zero-order valence-electron chi connectivity index (χ0n) is 7.66. The highest BCUT2D eigenvalue weighted by atomic mass is 16.5. The second kappa shape index (κ2) is 3.25. The van der Waals surface area contributed by atoms with Crippen molar-refractivity contribution in [2.24, 2.45) is 17.8 Å². The monoisotopic (exact) mass is 170 g/mol. The molecule has 0 radical (unpaired) electrons. The maximum Gasteiger partial charge on any atom is 0.309 e. The van der Waals surface area contributed by atoms with Gasteiger partial charge in [-0.2, -0.15) is 0 Å². The van der Waals surface area contributed by atoms with Crippen molar-refractivity contribution in [1.82, 2.24) is 0 Å². The largest absolute Gasteiger partial charge is 0.469 e. The Balaban J connectivity index is 2.70. The van der Waals surface area contributed by atoms with Crippen molar-refractivity contribution >= 4 is 11.8 Å². The van der Waals surface area contributed by atoms with E-state index in [1.165, 1.54) is 7.11 Å². The van der Waals surface area contributed by atoms with Gasteiger partial charge in [-0.3, -0.25) is 9.59 Å². The summed E-state index contributed by atoms with van der Waals surface area (Å²) in [6, 6.07) is 0. The van der Waals surface area contributed by atoms with Crippen molar-refractivity contribution in [3.05, 3.63) is 0 Å². The van der Waals surface area contributed by atoms with Crippen LogP contribution < -0.4 is 0 Å². The molecule has 2 unspecified atom stereocenters. The summed E-state index contributed by atoms with van der Waals surface area (Å²) in [6.45, 7) is 3.80. The highest BCUT2D eigenvalue weighted by Gasteiger charge is 2.41. The third kappa shape index (κ3) is 1.36. The van der Waals surface area contributed by atoms with Crippen LogP contribution >= 0.6 is 0 Å². The van der Waals surface area contributed by atoms with Crippen LogP contribution in [0.1, 0.15) is 20.3 Å². The van der Waals surface area contributed by atoms with Gasteiger partial charge in [0.15, 0.2) is 0 Å². The lowest BCUT2D eigenvalue weighted by Gasteiger charge is -2.13. The van der Waals surface area contributed by atoms with Gasteiger partial charge in [-0.25, -0.2) is 0 Å². The quantitative estimate of drug-likeness (QED) is 0.552. The van der Waals surface area contributed by atoms with Gasteiger partial charge in [0.2, 0.25) is 0 Å². The lowest BCUT2D eigenvalue weighted by Crippen LogP contribution is -2.20. The van der Waals surface area contributed by atoms with Crippen LogP contribution in [0.25, 0.3) is 0 Å². The molecule has 1 saturated carbocycles. The Morgan fingerprint density at radius 3 is 2.42 bits per heavy atom. The van der Waals surface area contributed by atoms with Crippen LogP contribution in [-0.2, 0) is 14.3 Å². The number of carbonyl (C=O) groups is 2. The fourth-order valence-electron chi connectivity index (χ4n) is 1.68. The molecular weight excluding hydrogens is 156 g/mol. The van der Waals surface area contributed by atoms with Gasteiger partial charge in [-0.1, -0.05) is 13.8 Å². The molecule has 0 aromatic carbocycles. The highest BCUT2D eigenvalue weighted by molar-refractivity contribution is 5.90. The first-order valence-electron chi connectivity index (χ1n) is 4.18. The van der Waals surface area contributed by atoms with Gasteiger partial charge in [0.25, 0.3) is 0 Å². The van der Waals surface area contributed by atoms with E-state index in [-0.39, 0.29) is 29.5 Å². The molecule has 0 aromatic rings. The van der Waals surface area contributed by atoms with Crippen LogP contribution in [0.2, 0.25) is 0 Å². The number of ketones is 1. The zero-order chi connectivity index (χ0) is 9.30. The molecule has 1 rings (SSSR count). The average molecular weight is 170 g/mol. The van der Waals surface area contributed by atoms with E-state index in [2.05, 4.69) is 4.74 Å². The van der Waals surface area contributed by atoms with E-state index in [0.717, 1.165) is 0 Å². The molecule has 3 nitrogen and oxygen atoms in total. The molecule has 3 atom stereocenters. The summed E-state index contributed by atoms with van der Waals surface area (Å²) in [7, 11) is 1.36. The molecule has 0 heterocycles. The van der Waals surface area contributed by atoms with E-state index in [9.17, 15) is 9.59 Å². The molecule has 1 aliphatic carbocycles. The fourth-order valence-corrected chi connectivity index (χ4v) is 1.68. The third-order valence-corrected chi connectivity index (χ3v) is 2.86. The molecule has 1 aliphatic rings. The Labute approximate surface area is 72.1 Å². The molecule has 12 heavy (non-hydrogen) atoms. The molecule has 0 aliphatic heterocycles. The van der Waals surface area contributed by atoms with Crippen LogP contribution in [0.5, 0.6) is 0 Å². The minimum Gasteiger partial charge on any atom is -0.469 e. The molecule has 0 amide bonds. The van der Waals surface area contributed by atoms with Crippen LogP contribution in [-0.4, -0.2) is 18.9 Å². The van der Waals surface area contributed by atoms with Crippen molar-refractivity contribution in [2.75, 3.05) is 7.11 Å². The van der Waals surface area contributed by atoms with E-state index in [0.29, 0.717) is 6.42 Å². The summed E-state index contributed by atoms with van der Waals surface area (Å²) in [5.41, 5.74) is 0. The molecule has 0 bridgehead atoms. The molecule has 3 heteroatoms. The predicted octanol–water partition coefficient (Wildman–Crippen LogP) is 1.02. The Bertz CT molecular complexity index is 210. The van der Waals surface area contributed by atoms with Gasteiger partial charge >= 0.3 is 5.97 Å². The Morgan fingerprint density at radius 1 is 1.50 bits per heavy atom. The highest BCUT2D eigenvalue weighted by Crippen LogP contribution is 2.34. The zero-order valence-corrected chi connectivity index (χ0v) is 7.66. The number of Topliss-reactive ketones (excluding diaryl/α,β-unsaturated/α-hetero) is 1. The average Bonchev–Trinajstić information content (AvgIpc) is 2.32. The van der Waals surface area contributed by atoms with E-state index >= 15 is 0 Å². The predicted molar refractivity (Wildman–Crippen MR) is 43.5 cm³/mol. The van der Waals surface area contributed by atoms with Gasteiger partial charge in [0.05, 0.1) is 13.0 Å². The van der Waals surface area contributed by atoms with Crippen molar-refractivity contribution in [2.45, 2.75) is 20.3 Å². The third-order valence-electron chi connectivity index (χ3n) is 2.86. The van der Waals surface area contributed by atoms with Crippen molar-refractivity contribution < 1.29 is 14.3 Å². The van der Waals surface area contributed by atoms with Gasteiger partial charge in [-0.15, -0.1) is 0 Å². The van der Waals surface area contributed by atoms with Crippen LogP contribution in [0.4, 0.5) is 0 Å². The standard InChI is InChI=1S/C9H14O3/c1-5-6(2)8(10)4-7(5)9(11)12-3/h5-7H,4H2,1-3H3/t5?,6?,7-/m1/s1. The molecule has 0 saturated heterocycles. The fraction of sp³-hybridized carbons (Fsp3) is 0.778. The normalized spacial score (nSPS) is 35.2. The van der Waals surface area contributed by atoms with Gasteiger partial charge in [-0.05, 0) is 5.92 Å². The summed E-state index contributed by atoms with van der Waals surface area (Å²) in [5, 5.41) is 0. The van der Waals surface area contributed by atoms with E-state index < -0.39 is 0 Å². The second-order valence-corrected chi connectivity index (χ2v) is 3.45. The topological polar surface area (TPSA) is 43.4 Å². The molecule has 0 aromatic heterocycles. The smallest absolute Gasteiger partial charge is 0.309 e. The maximum atomic E-state index is 11.2. The second-order valence-electron chi connectivity index (χ2n) is 3.45. The lowest BCUT2D eigenvalue weighted by atomic mass is 9.93. The molecule has 0 spiro atoms. The Morgan fingerprint density at radius 2 is 2.08 bits per heavy atom. The van der Waals surface area contributed by atoms with Gasteiger partial charge in [0.1, 0.15) is 5.78 Å². The van der Waals surface area contributed by atoms with Gasteiger partial charge in [0, 0.05) is 12.3 Å². The van der Waals surface area contributed by atoms with Crippen LogP contribution in [0.15, 0.2) is 0 Å². The summed E-state index contributed by atoms with van der Waals surface area (Å²) < 4.78 is 4.61. The first-order chi connectivity index (χ1) is 5.57. The van der Waals surface area contributed by atoms with E-state index in [1.54, 1.807) is 0 Å². The first-order valence-corrected chi connectivity index (χ1v) is 4.18. The number of esters is 1. The molecule has 1 fully saturated rings. The minimum atomic E-state index is -0.250. The van der Waals surface area contributed by atoms with E-state index in [1.807, 2.05) is 13.8 Å². The number of methoxy groups -OCH3 is 1. The molecule has 68 valence electrons. The van der Waals surface area contributed by atoms with Crippen LogP contribution in [0.3, 0.4) is 0 Å². The lowest BCUT2D eigenvalue weighted by molar-refractivity contribution is -0.147. The summed E-state index contributed by atoms with van der Waals surface area (Å²) in [5.74, 6) is -0.144. The van der Waals surface area contributed by atoms with Gasteiger partial charge < -0.3 is 4.74 Å². The SMILES string of the molecule is COC(=O)[C@@H]1CC(=O)C(C)C1C.